The normalized spacial score (nSPS) is 10.6. The predicted molar refractivity (Wildman–Crippen MR) is 54.5 cm³/mol. The van der Waals surface area contributed by atoms with Gasteiger partial charge >= 0.3 is 5.97 Å². The first-order valence-corrected chi connectivity index (χ1v) is 4.80. The summed E-state index contributed by atoms with van der Waals surface area (Å²) in [4.78, 5) is 10.9. The quantitative estimate of drug-likeness (QED) is 0.803. The van der Waals surface area contributed by atoms with E-state index in [4.69, 9.17) is 5.11 Å². The van der Waals surface area contributed by atoms with Crippen molar-refractivity contribution in [2.75, 3.05) is 0 Å². The molecule has 0 amide bonds. The van der Waals surface area contributed by atoms with Crippen LogP contribution in [0.5, 0.6) is 0 Å². The Kier molecular flexibility index (Phi) is 2.43. The van der Waals surface area contributed by atoms with Crippen molar-refractivity contribution in [2.24, 2.45) is 7.05 Å². The average Bonchev–Trinajstić information content (AvgIpc) is 2.82. The van der Waals surface area contributed by atoms with E-state index in [-0.39, 0.29) is 5.69 Å². The van der Waals surface area contributed by atoms with Crippen LogP contribution in [0.15, 0.2) is 12.4 Å². The number of aromatic nitrogens is 5. The van der Waals surface area contributed by atoms with Crippen molar-refractivity contribution in [3.63, 3.8) is 0 Å². The number of nitrogens with zero attached hydrogens (tertiary/aromatic N) is 5. The Labute approximate surface area is 91.3 Å². The molecule has 0 aliphatic rings. The Balaban J connectivity index is 2.53. The molecule has 0 radical (unpaired) electrons. The molecule has 0 aromatic carbocycles. The standard InChI is InChI=1S/C9H11N5O2/c1-3-7-8(9(15)16)11-12-14(7)6-4-10-13(2)5-6/h4-5H,3H2,1-2H3,(H,15,16). The molecule has 0 bridgehead atoms. The molecule has 2 heterocycles. The maximum absolute atomic E-state index is 10.9. The van der Waals surface area contributed by atoms with Gasteiger partial charge < -0.3 is 5.11 Å². The zero-order chi connectivity index (χ0) is 11.7. The molecule has 2 aromatic rings. The Morgan fingerprint density at radius 3 is 2.81 bits per heavy atom. The van der Waals surface area contributed by atoms with Crippen molar-refractivity contribution in [1.82, 2.24) is 24.8 Å². The number of carboxylic acid groups (broad SMARTS) is 1. The topological polar surface area (TPSA) is 85.8 Å². The summed E-state index contributed by atoms with van der Waals surface area (Å²) in [5, 5.41) is 20.4. The van der Waals surface area contributed by atoms with Crippen molar-refractivity contribution < 1.29 is 9.90 Å². The minimum absolute atomic E-state index is 0.00801. The second kappa shape index (κ2) is 3.76. The van der Waals surface area contributed by atoms with E-state index in [9.17, 15) is 4.79 Å². The van der Waals surface area contributed by atoms with E-state index in [1.54, 1.807) is 24.1 Å². The van der Waals surface area contributed by atoms with Gasteiger partial charge in [-0.2, -0.15) is 5.10 Å². The Hall–Kier alpha value is -2.18. The molecule has 2 rings (SSSR count). The van der Waals surface area contributed by atoms with Crippen molar-refractivity contribution in [3.8, 4) is 5.69 Å². The second-order valence-corrected chi connectivity index (χ2v) is 3.33. The number of carbonyl (C=O) groups is 1. The highest BCUT2D eigenvalue weighted by atomic mass is 16.4. The molecule has 16 heavy (non-hydrogen) atoms. The molecular weight excluding hydrogens is 210 g/mol. The molecule has 0 atom stereocenters. The van der Waals surface area contributed by atoms with E-state index >= 15 is 0 Å². The van der Waals surface area contributed by atoms with Crippen LogP contribution in [-0.2, 0) is 13.5 Å². The van der Waals surface area contributed by atoms with Crippen LogP contribution in [-0.4, -0.2) is 35.9 Å². The lowest BCUT2D eigenvalue weighted by atomic mass is 10.2. The number of aryl methyl sites for hydroxylation is 1. The molecular formula is C9H11N5O2. The highest BCUT2D eigenvalue weighted by molar-refractivity contribution is 5.86. The van der Waals surface area contributed by atoms with Gasteiger partial charge in [0.05, 0.1) is 18.1 Å². The van der Waals surface area contributed by atoms with E-state index < -0.39 is 5.97 Å². The van der Waals surface area contributed by atoms with Gasteiger partial charge in [-0.15, -0.1) is 5.10 Å². The largest absolute Gasteiger partial charge is 0.476 e. The molecule has 7 heteroatoms. The Bertz CT molecular complexity index is 528. The van der Waals surface area contributed by atoms with E-state index in [2.05, 4.69) is 15.4 Å². The van der Waals surface area contributed by atoms with Crippen LogP contribution >= 0.6 is 0 Å². The number of hydrogen-bond acceptors (Lipinski definition) is 4. The molecule has 7 nitrogen and oxygen atoms in total. The highest BCUT2D eigenvalue weighted by Gasteiger charge is 2.18. The molecule has 0 saturated carbocycles. The summed E-state index contributed by atoms with van der Waals surface area (Å²) in [5.74, 6) is -1.06. The van der Waals surface area contributed by atoms with Crippen LogP contribution in [0.3, 0.4) is 0 Å². The number of carboxylic acids is 1. The summed E-state index contributed by atoms with van der Waals surface area (Å²) in [6.07, 6.45) is 3.91. The summed E-state index contributed by atoms with van der Waals surface area (Å²) in [6.45, 7) is 1.86. The Morgan fingerprint density at radius 1 is 1.56 bits per heavy atom. The predicted octanol–water partition coefficient (Wildman–Crippen LogP) is 0.261. The molecule has 0 fully saturated rings. The minimum Gasteiger partial charge on any atom is -0.476 e. The molecule has 0 aliphatic carbocycles. The molecule has 0 spiro atoms. The van der Waals surface area contributed by atoms with Crippen molar-refractivity contribution >= 4 is 5.97 Å². The zero-order valence-corrected chi connectivity index (χ0v) is 8.95. The molecule has 1 N–H and O–H groups in total. The van der Waals surface area contributed by atoms with Gasteiger partial charge in [0.2, 0.25) is 0 Å². The van der Waals surface area contributed by atoms with Crippen LogP contribution in [0.4, 0.5) is 0 Å². The molecule has 2 aromatic heterocycles. The third kappa shape index (κ3) is 1.56. The van der Waals surface area contributed by atoms with Gasteiger partial charge in [0.1, 0.15) is 5.69 Å². The summed E-state index contributed by atoms with van der Waals surface area (Å²) in [6, 6.07) is 0. The van der Waals surface area contributed by atoms with E-state index in [1.807, 2.05) is 6.92 Å². The molecule has 0 unspecified atom stereocenters. The van der Waals surface area contributed by atoms with E-state index in [0.717, 1.165) is 0 Å². The molecule has 84 valence electrons. The molecule has 0 saturated heterocycles. The van der Waals surface area contributed by atoms with Crippen LogP contribution in [0.1, 0.15) is 23.1 Å². The van der Waals surface area contributed by atoms with Gasteiger partial charge in [-0.1, -0.05) is 12.1 Å². The van der Waals surface area contributed by atoms with Crippen molar-refractivity contribution in [2.45, 2.75) is 13.3 Å². The average molecular weight is 221 g/mol. The van der Waals surface area contributed by atoms with E-state index in [1.165, 1.54) is 4.68 Å². The lowest BCUT2D eigenvalue weighted by molar-refractivity contribution is 0.0689. The fourth-order valence-corrected chi connectivity index (χ4v) is 1.51. The fourth-order valence-electron chi connectivity index (χ4n) is 1.51. The fraction of sp³-hybridized carbons (Fsp3) is 0.333. The summed E-state index contributed by atoms with van der Waals surface area (Å²) < 4.78 is 3.12. The highest BCUT2D eigenvalue weighted by Crippen LogP contribution is 2.12. The third-order valence-corrected chi connectivity index (χ3v) is 2.24. The lowest BCUT2D eigenvalue weighted by Crippen LogP contribution is -2.05. The first-order chi connectivity index (χ1) is 7.63. The maximum atomic E-state index is 10.9. The van der Waals surface area contributed by atoms with Crippen LogP contribution in [0, 0.1) is 0 Å². The maximum Gasteiger partial charge on any atom is 0.358 e. The van der Waals surface area contributed by atoms with E-state index in [0.29, 0.717) is 17.8 Å². The van der Waals surface area contributed by atoms with Crippen molar-refractivity contribution in [1.29, 1.82) is 0 Å². The third-order valence-electron chi connectivity index (χ3n) is 2.24. The van der Waals surface area contributed by atoms with Crippen molar-refractivity contribution in [3.05, 3.63) is 23.8 Å². The van der Waals surface area contributed by atoms with Crippen LogP contribution in [0.25, 0.3) is 5.69 Å². The van der Waals surface area contributed by atoms with Crippen LogP contribution < -0.4 is 0 Å². The van der Waals surface area contributed by atoms with Gasteiger partial charge in [-0.05, 0) is 6.42 Å². The summed E-state index contributed by atoms with van der Waals surface area (Å²) in [7, 11) is 1.78. The van der Waals surface area contributed by atoms with Gasteiger partial charge in [0.25, 0.3) is 0 Å². The lowest BCUT2D eigenvalue weighted by Gasteiger charge is -2.00. The van der Waals surface area contributed by atoms with Gasteiger partial charge in [0.15, 0.2) is 5.69 Å². The second-order valence-electron chi connectivity index (χ2n) is 3.33. The van der Waals surface area contributed by atoms with Gasteiger partial charge in [-0.25, -0.2) is 9.48 Å². The van der Waals surface area contributed by atoms with Crippen LogP contribution in [0.2, 0.25) is 0 Å². The van der Waals surface area contributed by atoms with Gasteiger partial charge in [-0.3, -0.25) is 4.68 Å². The number of rotatable bonds is 3. The number of aromatic carboxylic acids is 1. The zero-order valence-electron chi connectivity index (χ0n) is 8.95. The van der Waals surface area contributed by atoms with Gasteiger partial charge in [0, 0.05) is 7.05 Å². The SMILES string of the molecule is CCc1c(C(=O)O)nnn1-c1cnn(C)c1. The summed E-state index contributed by atoms with van der Waals surface area (Å²) >= 11 is 0. The smallest absolute Gasteiger partial charge is 0.358 e. The minimum atomic E-state index is -1.06. The molecule has 0 aliphatic heterocycles. The number of hydrogen-bond donors (Lipinski definition) is 1. The Morgan fingerprint density at radius 2 is 2.31 bits per heavy atom. The first-order valence-electron chi connectivity index (χ1n) is 4.80. The summed E-state index contributed by atoms with van der Waals surface area (Å²) in [5.41, 5.74) is 1.27. The monoisotopic (exact) mass is 221 g/mol. The first kappa shape index (κ1) is 10.3.